The van der Waals surface area contributed by atoms with Gasteiger partial charge in [0, 0.05) is 18.3 Å². The van der Waals surface area contributed by atoms with Crippen molar-refractivity contribution in [3.05, 3.63) is 18.2 Å². The van der Waals surface area contributed by atoms with Gasteiger partial charge in [0.05, 0.1) is 19.8 Å². The first-order valence-corrected chi connectivity index (χ1v) is 4.02. The van der Waals surface area contributed by atoms with Crippen LogP contribution in [0, 0.1) is 0 Å². The third-order valence-electron chi connectivity index (χ3n) is 1.59. The summed E-state index contributed by atoms with van der Waals surface area (Å²) in [6.07, 6.45) is 3.51. The first-order chi connectivity index (χ1) is 5.84. The average Bonchev–Trinajstić information content (AvgIpc) is 2.56. The van der Waals surface area contributed by atoms with E-state index in [-0.39, 0.29) is 12.5 Å². The summed E-state index contributed by atoms with van der Waals surface area (Å²) >= 11 is 0. The molecule has 12 heavy (non-hydrogen) atoms. The maximum absolute atomic E-state index is 8.46. The summed E-state index contributed by atoms with van der Waals surface area (Å²) in [5.41, 5.74) is 0. The second kappa shape index (κ2) is 4.90. The highest BCUT2D eigenvalue weighted by Crippen LogP contribution is 2.08. The van der Waals surface area contributed by atoms with Crippen LogP contribution in [0.4, 0.5) is 0 Å². The normalized spacial score (nSPS) is 13.2. The van der Waals surface area contributed by atoms with Crippen LogP contribution >= 0.6 is 0 Å². The molecule has 1 heterocycles. The lowest BCUT2D eigenvalue weighted by atomic mass is 10.2. The molecule has 1 atom stereocenters. The fraction of sp³-hybridized carbons (Fsp3) is 0.625. The Morgan fingerprint density at radius 1 is 1.75 bits per heavy atom. The van der Waals surface area contributed by atoms with Crippen molar-refractivity contribution in [3.8, 4) is 0 Å². The third-order valence-corrected chi connectivity index (χ3v) is 1.59. The SMILES string of the molecule is CC(COCCO)c1ncc[nH]1. The van der Waals surface area contributed by atoms with E-state index in [0.29, 0.717) is 13.2 Å². The zero-order valence-corrected chi connectivity index (χ0v) is 7.16. The zero-order chi connectivity index (χ0) is 8.81. The van der Waals surface area contributed by atoms with Crippen molar-refractivity contribution in [3.63, 3.8) is 0 Å². The number of nitrogens with zero attached hydrogens (tertiary/aromatic N) is 1. The van der Waals surface area contributed by atoms with Gasteiger partial charge in [0.1, 0.15) is 5.82 Å². The summed E-state index contributed by atoms with van der Waals surface area (Å²) in [5.74, 6) is 1.18. The molecule has 1 aromatic heterocycles. The Morgan fingerprint density at radius 3 is 3.17 bits per heavy atom. The highest BCUT2D eigenvalue weighted by Gasteiger charge is 2.06. The van der Waals surface area contributed by atoms with Crippen LogP contribution in [0.5, 0.6) is 0 Å². The Morgan fingerprint density at radius 2 is 2.58 bits per heavy atom. The van der Waals surface area contributed by atoms with E-state index < -0.39 is 0 Å². The number of hydrogen-bond acceptors (Lipinski definition) is 3. The molecule has 1 rings (SSSR count). The van der Waals surface area contributed by atoms with Gasteiger partial charge in [-0.05, 0) is 0 Å². The average molecular weight is 170 g/mol. The van der Waals surface area contributed by atoms with Crippen LogP contribution in [-0.2, 0) is 4.74 Å². The van der Waals surface area contributed by atoms with Gasteiger partial charge in [-0.15, -0.1) is 0 Å². The zero-order valence-electron chi connectivity index (χ0n) is 7.16. The van der Waals surface area contributed by atoms with Crippen molar-refractivity contribution in [2.45, 2.75) is 12.8 Å². The molecular formula is C8H14N2O2. The molecule has 0 aliphatic rings. The number of aliphatic hydroxyl groups is 1. The Bertz CT molecular complexity index is 199. The number of ether oxygens (including phenoxy) is 1. The number of aromatic amines is 1. The quantitative estimate of drug-likeness (QED) is 0.633. The fourth-order valence-electron chi connectivity index (χ4n) is 0.951. The summed E-state index contributed by atoms with van der Waals surface area (Å²) < 4.78 is 5.16. The molecular weight excluding hydrogens is 156 g/mol. The molecule has 0 aromatic carbocycles. The lowest BCUT2D eigenvalue weighted by molar-refractivity contribution is 0.0838. The summed E-state index contributed by atoms with van der Waals surface area (Å²) in [5, 5.41) is 8.46. The van der Waals surface area contributed by atoms with Gasteiger partial charge in [-0.1, -0.05) is 6.92 Å². The summed E-state index contributed by atoms with van der Waals surface area (Å²) in [4.78, 5) is 7.11. The molecule has 0 fully saturated rings. The van der Waals surface area contributed by atoms with E-state index in [0.717, 1.165) is 5.82 Å². The van der Waals surface area contributed by atoms with Crippen LogP contribution in [0.2, 0.25) is 0 Å². The molecule has 0 spiro atoms. The number of hydrogen-bond donors (Lipinski definition) is 2. The monoisotopic (exact) mass is 170 g/mol. The highest BCUT2D eigenvalue weighted by molar-refractivity contribution is 4.94. The number of nitrogens with one attached hydrogen (secondary N) is 1. The van der Waals surface area contributed by atoms with E-state index >= 15 is 0 Å². The van der Waals surface area contributed by atoms with E-state index in [4.69, 9.17) is 9.84 Å². The van der Waals surface area contributed by atoms with E-state index in [9.17, 15) is 0 Å². The number of H-pyrrole nitrogens is 1. The van der Waals surface area contributed by atoms with Crippen LogP contribution < -0.4 is 0 Å². The van der Waals surface area contributed by atoms with Crippen molar-refractivity contribution in [1.82, 2.24) is 9.97 Å². The second-order valence-corrected chi connectivity index (χ2v) is 2.67. The number of rotatable bonds is 5. The first kappa shape index (κ1) is 9.22. The van der Waals surface area contributed by atoms with Crippen LogP contribution in [-0.4, -0.2) is 34.9 Å². The van der Waals surface area contributed by atoms with Gasteiger partial charge >= 0.3 is 0 Å². The predicted octanol–water partition coefficient (Wildman–Crippen LogP) is 0.522. The maximum atomic E-state index is 8.46. The molecule has 68 valence electrons. The largest absolute Gasteiger partial charge is 0.394 e. The summed E-state index contributed by atoms with van der Waals surface area (Å²) in [6.45, 7) is 3.08. The molecule has 0 saturated carbocycles. The van der Waals surface area contributed by atoms with E-state index in [1.54, 1.807) is 12.4 Å². The van der Waals surface area contributed by atoms with E-state index in [2.05, 4.69) is 9.97 Å². The minimum Gasteiger partial charge on any atom is -0.394 e. The standard InChI is InChI=1S/C8H14N2O2/c1-7(6-12-5-4-11)8-9-2-3-10-8/h2-3,7,11H,4-6H2,1H3,(H,9,10). The van der Waals surface area contributed by atoms with Crippen LogP contribution in [0.1, 0.15) is 18.7 Å². The van der Waals surface area contributed by atoms with Gasteiger partial charge in [0.25, 0.3) is 0 Å². The van der Waals surface area contributed by atoms with Crippen LogP contribution in [0.3, 0.4) is 0 Å². The van der Waals surface area contributed by atoms with E-state index in [1.165, 1.54) is 0 Å². The molecule has 1 aromatic rings. The Hall–Kier alpha value is -0.870. The number of imidazole rings is 1. The maximum Gasteiger partial charge on any atom is 0.111 e. The smallest absolute Gasteiger partial charge is 0.111 e. The number of aromatic nitrogens is 2. The summed E-state index contributed by atoms with van der Waals surface area (Å²) in [6, 6.07) is 0. The van der Waals surface area contributed by atoms with Crippen LogP contribution in [0.15, 0.2) is 12.4 Å². The van der Waals surface area contributed by atoms with Gasteiger partial charge in [0.15, 0.2) is 0 Å². The van der Waals surface area contributed by atoms with Gasteiger partial charge in [-0.3, -0.25) is 0 Å². The van der Waals surface area contributed by atoms with Crippen molar-refractivity contribution in [2.75, 3.05) is 19.8 Å². The minimum atomic E-state index is 0.0743. The molecule has 1 unspecified atom stereocenters. The van der Waals surface area contributed by atoms with E-state index in [1.807, 2.05) is 6.92 Å². The Labute approximate surface area is 71.6 Å². The second-order valence-electron chi connectivity index (χ2n) is 2.67. The van der Waals surface area contributed by atoms with Crippen molar-refractivity contribution in [1.29, 1.82) is 0 Å². The van der Waals surface area contributed by atoms with Gasteiger partial charge in [-0.25, -0.2) is 4.98 Å². The summed E-state index contributed by atoms with van der Waals surface area (Å²) in [7, 11) is 0. The molecule has 2 N–H and O–H groups in total. The lowest BCUT2D eigenvalue weighted by Gasteiger charge is -2.07. The molecule has 0 aliphatic carbocycles. The van der Waals surface area contributed by atoms with Gasteiger partial charge in [0.2, 0.25) is 0 Å². The highest BCUT2D eigenvalue weighted by atomic mass is 16.5. The molecule has 0 amide bonds. The lowest BCUT2D eigenvalue weighted by Crippen LogP contribution is -2.08. The molecule has 0 saturated heterocycles. The molecule has 0 bridgehead atoms. The molecule has 0 aliphatic heterocycles. The van der Waals surface area contributed by atoms with Crippen molar-refractivity contribution >= 4 is 0 Å². The van der Waals surface area contributed by atoms with Gasteiger partial charge < -0.3 is 14.8 Å². The number of aliphatic hydroxyl groups excluding tert-OH is 1. The first-order valence-electron chi connectivity index (χ1n) is 4.02. The molecule has 0 radical (unpaired) electrons. The fourth-order valence-corrected chi connectivity index (χ4v) is 0.951. The minimum absolute atomic E-state index is 0.0743. The Kier molecular flexibility index (Phi) is 3.76. The topological polar surface area (TPSA) is 58.1 Å². The van der Waals surface area contributed by atoms with Gasteiger partial charge in [-0.2, -0.15) is 0 Å². The third kappa shape index (κ3) is 2.64. The molecule has 4 nitrogen and oxygen atoms in total. The van der Waals surface area contributed by atoms with Crippen LogP contribution in [0.25, 0.3) is 0 Å². The Balaban J connectivity index is 2.25. The predicted molar refractivity (Wildman–Crippen MR) is 44.9 cm³/mol. The molecule has 4 heteroatoms. The van der Waals surface area contributed by atoms with Crippen molar-refractivity contribution < 1.29 is 9.84 Å². The van der Waals surface area contributed by atoms with Crippen molar-refractivity contribution in [2.24, 2.45) is 0 Å².